The van der Waals surface area contributed by atoms with Crippen LogP contribution < -0.4 is 14.8 Å². The molecular weight excluding hydrogens is 320 g/mol. The van der Waals surface area contributed by atoms with Crippen LogP contribution in [0.1, 0.15) is 12.5 Å². The summed E-state index contributed by atoms with van der Waals surface area (Å²) >= 11 is 0. The lowest BCUT2D eigenvalue weighted by Crippen LogP contribution is -2.36. The first-order valence-corrected chi connectivity index (χ1v) is 8.35. The number of nitrogens with one attached hydrogen (secondary N) is 1. The Morgan fingerprint density at radius 2 is 1.92 bits per heavy atom. The number of benzene rings is 1. The number of carbonyl (C=O) groups excluding carboxylic acids is 1. The van der Waals surface area contributed by atoms with E-state index in [1.165, 1.54) is 0 Å². The van der Waals surface area contributed by atoms with Gasteiger partial charge in [0.25, 0.3) is 0 Å². The maximum Gasteiger partial charge on any atom is 0.234 e. The van der Waals surface area contributed by atoms with Gasteiger partial charge in [-0.05, 0) is 38.2 Å². The van der Waals surface area contributed by atoms with Gasteiger partial charge in [0, 0.05) is 25.4 Å². The van der Waals surface area contributed by atoms with Crippen LogP contribution in [0.5, 0.6) is 11.5 Å². The van der Waals surface area contributed by atoms with Gasteiger partial charge in [-0.3, -0.25) is 14.4 Å². The number of hydrogen-bond acceptors (Lipinski definition) is 5. The summed E-state index contributed by atoms with van der Waals surface area (Å²) in [7, 11) is 3.78. The normalized spacial score (nSPS) is 10.7. The number of nitrogens with zero attached hydrogens (tertiary/aromatic N) is 3. The van der Waals surface area contributed by atoms with Crippen molar-refractivity contribution in [3.63, 3.8) is 0 Å². The van der Waals surface area contributed by atoms with E-state index in [0.29, 0.717) is 32.8 Å². The molecule has 0 radical (unpaired) electrons. The molecule has 25 heavy (non-hydrogen) atoms. The largest absolute Gasteiger partial charge is 0.494 e. The molecule has 2 rings (SSSR count). The summed E-state index contributed by atoms with van der Waals surface area (Å²) in [5.41, 5.74) is 1.08. The van der Waals surface area contributed by atoms with E-state index in [1.54, 1.807) is 10.9 Å². The van der Waals surface area contributed by atoms with Gasteiger partial charge in [-0.2, -0.15) is 5.10 Å². The molecule has 0 fully saturated rings. The van der Waals surface area contributed by atoms with E-state index < -0.39 is 0 Å². The molecule has 1 heterocycles. The summed E-state index contributed by atoms with van der Waals surface area (Å²) in [6.45, 7) is 4.49. The van der Waals surface area contributed by atoms with Crippen LogP contribution in [-0.4, -0.2) is 53.9 Å². The first kappa shape index (κ1) is 18.8. The van der Waals surface area contributed by atoms with E-state index in [1.807, 2.05) is 56.4 Å². The van der Waals surface area contributed by atoms with Gasteiger partial charge < -0.3 is 14.8 Å². The summed E-state index contributed by atoms with van der Waals surface area (Å²) in [5.74, 6) is 1.55. The van der Waals surface area contributed by atoms with E-state index >= 15 is 0 Å². The fourth-order valence-electron chi connectivity index (χ4n) is 2.38. The summed E-state index contributed by atoms with van der Waals surface area (Å²) < 4.78 is 12.7. The van der Waals surface area contributed by atoms with Gasteiger partial charge in [0.2, 0.25) is 5.91 Å². The lowest BCUT2D eigenvalue weighted by atomic mass is 10.3. The molecule has 136 valence electrons. The highest BCUT2D eigenvalue weighted by Gasteiger charge is 2.07. The monoisotopic (exact) mass is 346 g/mol. The molecular formula is C18H26N4O3. The molecule has 0 saturated heterocycles. The molecule has 1 aromatic carbocycles. The highest BCUT2D eigenvalue weighted by atomic mass is 16.5. The van der Waals surface area contributed by atoms with Crippen LogP contribution in [0.15, 0.2) is 36.7 Å². The van der Waals surface area contributed by atoms with Gasteiger partial charge in [0.05, 0.1) is 25.9 Å². The van der Waals surface area contributed by atoms with Crippen molar-refractivity contribution in [1.29, 1.82) is 0 Å². The Morgan fingerprint density at radius 3 is 2.52 bits per heavy atom. The first-order chi connectivity index (χ1) is 12.1. The van der Waals surface area contributed by atoms with Crippen molar-refractivity contribution in [1.82, 2.24) is 20.0 Å². The zero-order valence-electron chi connectivity index (χ0n) is 15.1. The maximum absolute atomic E-state index is 11.9. The lowest BCUT2D eigenvalue weighted by Gasteiger charge is -2.15. The number of rotatable bonds is 10. The second kappa shape index (κ2) is 9.68. The Hall–Kier alpha value is -2.54. The third-order valence-electron chi connectivity index (χ3n) is 3.45. The van der Waals surface area contributed by atoms with Gasteiger partial charge in [0.15, 0.2) is 0 Å². The van der Waals surface area contributed by atoms with Crippen LogP contribution in [-0.2, 0) is 18.4 Å². The van der Waals surface area contributed by atoms with Gasteiger partial charge in [0.1, 0.15) is 18.1 Å². The van der Waals surface area contributed by atoms with Crippen LogP contribution in [0.3, 0.4) is 0 Å². The fraction of sp³-hybridized carbons (Fsp3) is 0.444. The molecule has 0 aliphatic rings. The highest BCUT2D eigenvalue weighted by molar-refractivity contribution is 5.77. The van der Waals surface area contributed by atoms with Gasteiger partial charge in [-0.25, -0.2) is 0 Å². The topological polar surface area (TPSA) is 68.6 Å². The summed E-state index contributed by atoms with van der Waals surface area (Å²) in [4.78, 5) is 13.9. The smallest absolute Gasteiger partial charge is 0.234 e. The Labute approximate surface area is 148 Å². The second-order valence-corrected chi connectivity index (χ2v) is 5.80. The Bertz CT molecular complexity index is 655. The molecule has 0 spiro atoms. The van der Waals surface area contributed by atoms with E-state index in [4.69, 9.17) is 9.47 Å². The molecule has 0 atom stereocenters. The van der Waals surface area contributed by atoms with E-state index in [2.05, 4.69) is 10.4 Å². The fourth-order valence-corrected chi connectivity index (χ4v) is 2.38. The molecule has 0 bridgehead atoms. The summed E-state index contributed by atoms with van der Waals surface area (Å²) in [6.07, 6.45) is 3.75. The minimum absolute atomic E-state index is 0.0262. The quantitative estimate of drug-likeness (QED) is 0.660. The molecule has 2 aromatic rings. The molecule has 0 aliphatic carbocycles. The molecule has 0 saturated carbocycles. The summed E-state index contributed by atoms with van der Waals surface area (Å²) in [6, 6.07) is 7.44. The molecule has 0 unspecified atom stereocenters. The molecule has 1 aromatic heterocycles. The van der Waals surface area contributed by atoms with Crippen LogP contribution >= 0.6 is 0 Å². The van der Waals surface area contributed by atoms with Crippen molar-refractivity contribution in [2.24, 2.45) is 7.05 Å². The van der Waals surface area contributed by atoms with E-state index in [-0.39, 0.29) is 5.91 Å². The second-order valence-electron chi connectivity index (χ2n) is 5.80. The van der Waals surface area contributed by atoms with Crippen LogP contribution in [0.4, 0.5) is 0 Å². The predicted molar refractivity (Wildman–Crippen MR) is 95.7 cm³/mol. The third kappa shape index (κ3) is 6.84. The highest BCUT2D eigenvalue weighted by Crippen LogP contribution is 2.17. The van der Waals surface area contributed by atoms with E-state index in [0.717, 1.165) is 17.1 Å². The Kier molecular flexibility index (Phi) is 7.28. The number of aromatic nitrogens is 2. The van der Waals surface area contributed by atoms with E-state index in [9.17, 15) is 4.79 Å². The van der Waals surface area contributed by atoms with Crippen molar-refractivity contribution >= 4 is 5.91 Å². The number of carbonyl (C=O) groups is 1. The zero-order chi connectivity index (χ0) is 18.1. The average Bonchev–Trinajstić information content (AvgIpc) is 2.98. The molecule has 1 amide bonds. The maximum atomic E-state index is 11.9. The van der Waals surface area contributed by atoms with Crippen LogP contribution in [0, 0.1) is 0 Å². The number of likely N-dealkylation sites (N-methyl/N-ethyl adjacent to an activating group) is 1. The standard InChI is InChI=1S/C18H26N4O3/c1-4-24-16-5-7-17(8-6-16)25-10-9-19-18(23)14-21(2)12-15-11-20-22(3)13-15/h5-8,11,13H,4,9-10,12,14H2,1-3H3,(H,19,23). The molecule has 7 nitrogen and oxygen atoms in total. The molecule has 0 aliphatic heterocycles. The average molecular weight is 346 g/mol. The zero-order valence-corrected chi connectivity index (χ0v) is 15.1. The SMILES string of the molecule is CCOc1ccc(OCCNC(=O)CN(C)Cc2cnn(C)c2)cc1. The van der Waals surface area contributed by atoms with Gasteiger partial charge in [-0.15, -0.1) is 0 Å². The predicted octanol–water partition coefficient (Wildman–Crippen LogP) is 1.45. The van der Waals surface area contributed by atoms with Gasteiger partial charge in [-0.1, -0.05) is 0 Å². The minimum Gasteiger partial charge on any atom is -0.494 e. The Balaban J connectivity index is 1.61. The third-order valence-corrected chi connectivity index (χ3v) is 3.45. The van der Waals surface area contributed by atoms with Crippen molar-refractivity contribution in [3.05, 3.63) is 42.2 Å². The van der Waals surface area contributed by atoms with Gasteiger partial charge >= 0.3 is 0 Å². The van der Waals surface area contributed by atoms with Crippen molar-refractivity contribution in [2.75, 3.05) is 33.4 Å². The first-order valence-electron chi connectivity index (χ1n) is 8.35. The lowest BCUT2D eigenvalue weighted by molar-refractivity contribution is -0.122. The molecule has 7 heteroatoms. The number of aryl methyl sites for hydroxylation is 1. The van der Waals surface area contributed by atoms with Crippen LogP contribution in [0.2, 0.25) is 0 Å². The van der Waals surface area contributed by atoms with Crippen LogP contribution in [0.25, 0.3) is 0 Å². The number of ether oxygens (including phenoxy) is 2. The Morgan fingerprint density at radius 1 is 1.24 bits per heavy atom. The van der Waals surface area contributed by atoms with Crippen molar-refractivity contribution in [2.45, 2.75) is 13.5 Å². The minimum atomic E-state index is -0.0262. The summed E-state index contributed by atoms with van der Waals surface area (Å²) in [5, 5.41) is 6.97. The number of hydrogen-bond donors (Lipinski definition) is 1. The molecule has 1 N–H and O–H groups in total. The van der Waals surface area contributed by atoms with Crippen molar-refractivity contribution < 1.29 is 14.3 Å². The number of amides is 1. The van der Waals surface area contributed by atoms with Crippen molar-refractivity contribution in [3.8, 4) is 11.5 Å².